The average molecular weight is 496 g/mol. The molecule has 0 aromatic heterocycles. The van der Waals surface area contributed by atoms with E-state index in [4.69, 9.17) is 23.1 Å². The second-order valence-corrected chi connectivity index (χ2v) is 10.0. The van der Waals surface area contributed by atoms with Crippen LogP contribution in [0.5, 0.6) is 11.5 Å². The van der Waals surface area contributed by atoms with Gasteiger partial charge < -0.3 is 18.9 Å². The Bertz CT molecular complexity index is 1030. The van der Waals surface area contributed by atoms with E-state index in [0.717, 1.165) is 5.56 Å². The van der Waals surface area contributed by atoms with Gasteiger partial charge in [0, 0.05) is 12.7 Å². The van der Waals surface area contributed by atoms with E-state index in [-0.39, 0.29) is 18.1 Å². The summed E-state index contributed by atoms with van der Waals surface area (Å²) in [5.74, 6) is 0.971. The van der Waals surface area contributed by atoms with Crippen LogP contribution in [0, 0.1) is 6.92 Å². The highest BCUT2D eigenvalue weighted by Crippen LogP contribution is 2.29. The van der Waals surface area contributed by atoms with E-state index in [2.05, 4.69) is 5.32 Å². The molecule has 0 saturated carbocycles. The molecule has 0 atom stereocenters. The van der Waals surface area contributed by atoms with E-state index in [1.807, 2.05) is 6.92 Å². The molecule has 2 aromatic rings. The molecule has 0 saturated heterocycles. The maximum Gasteiger partial charge on any atom is 0.412 e. The van der Waals surface area contributed by atoms with Gasteiger partial charge in [-0.25, -0.2) is 4.79 Å². The highest BCUT2D eigenvalue weighted by molar-refractivity contribution is 7.86. The van der Waals surface area contributed by atoms with Crippen LogP contribution in [0.15, 0.2) is 47.4 Å². The van der Waals surface area contributed by atoms with Gasteiger partial charge in [-0.05, 0) is 58.4 Å². The quantitative estimate of drug-likeness (QED) is 0.338. The maximum absolute atomic E-state index is 12.1. The van der Waals surface area contributed by atoms with Crippen LogP contribution in [0.1, 0.15) is 32.8 Å². The number of aryl methyl sites for hydroxylation is 1. The fourth-order valence-electron chi connectivity index (χ4n) is 2.70. The van der Waals surface area contributed by atoms with Crippen LogP contribution in [-0.4, -0.2) is 53.6 Å². The highest BCUT2D eigenvalue weighted by Gasteiger charge is 2.18. The van der Waals surface area contributed by atoms with E-state index in [1.54, 1.807) is 51.1 Å². The molecule has 0 aliphatic rings. The van der Waals surface area contributed by atoms with Gasteiger partial charge in [0.1, 0.15) is 23.7 Å². The molecule has 0 aliphatic carbocycles. The minimum atomic E-state index is -3.76. The molecule has 0 heterocycles. The standard InChI is InChI=1S/C24H33NO8S/c1-18-7-10-20(11-8-18)34(27,28)32-14-6-13-30-15-16-31-19-9-12-21(22(17-19)29-5)25-23(26)33-24(2,3)4/h7-12,17H,6,13-16H2,1-5H3,(H,25,26). The van der Waals surface area contributed by atoms with Crippen molar-refractivity contribution in [3.05, 3.63) is 48.0 Å². The summed E-state index contributed by atoms with van der Waals surface area (Å²) in [6, 6.07) is 11.5. The second kappa shape index (κ2) is 12.6. The van der Waals surface area contributed by atoms with Crippen molar-refractivity contribution in [2.24, 2.45) is 0 Å². The number of amides is 1. The number of anilines is 1. The fourth-order valence-corrected chi connectivity index (χ4v) is 3.64. The fraction of sp³-hybridized carbons (Fsp3) is 0.458. The Balaban J connectivity index is 1.68. The summed E-state index contributed by atoms with van der Waals surface area (Å²) >= 11 is 0. The molecule has 0 bridgehead atoms. The summed E-state index contributed by atoms with van der Waals surface area (Å²) in [6.45, 7) is 8.17. The third-order valence-corrected chi connectivity index (χ3v) is 5.61. The smallest absolute Gasteiger partial charge is 0.412 e. The lowest BCUT2D eigenvalue weighted by Crippen LogP contribution is -2.27. The van der Waals surface area contributed by atoms with Crippen molar-refractivity contribution in [1.82, 2.24) is 0 Å². The number of hydrogen-bond acceptors (Lipinski definition) is 8. The highest BCUT2D eigenvalue weighted by atomic mass is 32.2. The molecule has 0 unspecified atom stereocenters. The molecule has 10 heteroatoms. The molecule has 188 valence electrons. The lowest BCUT2D eigenvalue weighted by Gasteiger charge is -2.20. The van der Waals surface area contributed by atoms with Crippen LogP contribution in [0.2, 0.25) is 0 Å². The zero-order valence-electron chi connectivity index (χ0n) is 20.3. The van der Waals surface area contributed by atoms with Gasteiger partial charge in [-0.15, -0.1) is 0 Å². The number of methoxy groups -OCH3 is 1. The van der Waals surface area contributed by atoms with Crippen LogP contribution in [0.4, 0.5) is 10.5 Å². The number of carbonyl (C=O) groups is 1. The first-order valence-corrected chi connectivity index (χ1v) is 12.3. The zero-order chi connectivity index (χ0) is 25.2. The lowest BCUT2D eigenvalue weighted by atomic mass is 10.2. The molecule has 9 nitrogen and oxygen atoms in total. The molecule has 0 fully saturated rings. The number of carbonyl (C=O) groups excluding carboxylic acids is 1. The number of rotatable bonds is 12. The Hall–Kier alpha value is -2.82. The Morgan fingerprint density at radius 2 is 1.68 bits per heavy atom. The van der Waals surface area contributed by atoms with Crippen LogP contribution >= 0.6 is 0 Å². The van der Waals surface area contributed by atoms with Gasteiger partial charge in [0.15, 0.2) is 0 Å². The minimum absolute atomic E-state index is 0.0282. The summed E-state index contributed by atoms with van der Waals surface area (Å²) in [5.41, 5.74) is 0.823. The largest absolute Gasteiger partial charge is 0.494 e. The Kier molecular flexibility index (Phi) is 10.2. The topological polar surface area (TPSA) is 109 Å². The number of hydrogen-bond donors (Lipinski definition) is 1. The van der Waals surface area contributed by atoms with E-state index < -0.39 is 21.8 Å². The predicted molar refractivity (Wildman–Crippen MR) is 128 cm³/mol. The first-order valence-electron chi connectivity index (χ1n) is 10.8. The van der Waals surface area contributed by atoms with Crippen LogP contribution in [-0.2, 0) is 23.8 Å². The van der Waals surface area contributed by atoms with Gasteiger partial charge in [-0.2, -0.15) is 8.42 Å². The normalized spacial score (nSPS) is 11.7. The molecular weight excluding hydrogens is 462 g/mol. The van der Waals surface area contributed by atoms with Gasteiger partial charge in [0.2, 0.25) is 0 Å². The summed E-state index contributed by atoms with van der Waals surface area (Å²) in [5, 5.41) is 2.64. The van der Waals surface area contributed by atoms with Crippen molar-refractivity contribution in [1.29, 1.82) is 0 Å². The molecule has 0 aliphatic heterocycles. The van der Waals surface area contributed by atoms with E-state index in [1.165, 1.54) is 19.2 Å². The van der Waals surface area contributed by atoms with E-state index in [0.29, 0.717) is 36.8 Å². The molecule has 2 rings (SSSR count). The lowest BCUT2D eigenvalue weighted by molar-refractivity contribution is 0.0635. The molecule has 0 spiro atoms. The van der Waals surface area contributed by atoms with E-state index >= 15 is 0 Å². The Labute approximate surface area is 201 Å². The van der Waals surface area contributed by atoms with Crippen molar-refractivity contribution in [3.63, 3.8) is 0 Å². The van der Waals surface area contributed by atoms with Crippen LogP contribution < -0.4 is 14.8 Å². The van der Waals surface area contributed by atoms with Crippen molar-refractivity contribution < 1.29 is 36.3 Å². The second-order valence-electron chi connectivity index (χ2n) is 8.39. The number of ether oxygens (including phenoxy) is 4. The average Bonchev–Trinajstić information content (AvgIpc) is 2.75. The van der Waals surface area contributed by atoms with Crippen molar-refractivity contribution >= 4 is 21.9 Å². The number of benzene rings is 2. The van der Waals surface area contributed by atoms with Gasteiger partial charge >= 0.3 is 6.09 Å². The van der Waals surface area contributed by atoms with E-state index in [9.17, 15) is 13.2 Å². The van der Waals surface area contributed by atoms with Gasteiger partial charge in [-0.1, -0.05) is 17.7 Å². The monoisotopic (exact) mass is 495 g/mol. The molecule has 1 amide bonds. The third-order valence-electron chi connectivity index (χ3n) is 4.29. The van der Waals surface area contributed by atoms with Crippen molar-refractivity contribution in [2.45, 2.75) is 44.6 Å². The third kappa shape index (κ3) is 9.58. The predicted octanol–water partition coefficient (Wildman–Crippen LogP) is 4.54. The molecule has 2 aromatic carbocycles. The van der Waals surface area contributed by atoms with Crippen LogP contribution in [0.25, 0.3) is 0 Å². The van der Waals surface area contributed by atoms with Crippen LogP contribution in [0.3, 0.4) is 0 Å². The Morgan fingerprint density at radius 3 is 2.32 bits per heavy atom. The summed E-state index contributed by atoms with van der Waals surface area (Å²) in [6.07, 6.45) is -0.159. The SMILES string of the molecule is COc1cc(OCCOCCCOS(=O)(=O)c2ccc(C)cc2)ccc1NC(=O)OC(C)(C)C. The summed E-state index contributed by atoms with van der Waals surface area (Å²) in [7, 11) is -2.27. The Morgan fingerprint density at radius 1 is 0.971 bits per heavy atom. The first kappa shape index (κ1) is 27.4. The first-order chi connectivity index (χ1) is 16.0. The molecule has 34 heavy (non-hydrogen) atoms. The zero-order valence-corrected chi connectivity index (χ0v) is 21.1. The van der Waals surface area contributed by atoms with Gasteiger partial charge in [-0.3, -0.25) is 9.50 Å². The molecule has 0 radical (unpaired) electrons. The summed E-state index contributed by atoms with van der Waals surface area (Å²) < 4.78 is 50.9. The van der Waals surface area contributed by atoms with Crippen molar-refractivity contribution in [2.75, 3.05) is 38.9 Å². The molecular formula is C24H33NO8S. The van der Waals surface area contributed by atoms with Crippen molar-refractivity contribution in [3.8, 4) is 11.5 Å². The summed E-state index contributed by atoms with van der Waals surface area (Å²) in [4.78, 5) is 12.1. The maximum atomic E-state index is 12.1. The minimum Gasteiger partial charge on any atom is -0.494 e. The van der Waals surface area contributed by atoms with Gasteiger partial charge in [0.25, 0.3) is 10.1 Å². The molecule has 1 N–H and O–H groups in total. The number of nitrogens with one attached hydrogen (secondary N) is 1. The van der Waals surface area contributed by atoms with Gasteiger partial charge in [0.05, 0.1) is 30.9 Å².